The lowest BCUT2D eigenvalue weighted by atomic mass is 10.2. The zero-order valence-corrected chi connectivity index (χ0v) is 12.7. The quantitative estimate of drug-likeness (QED) is 0.654. The zero-order valence-electron chi connectivity index (χ0n) is 11.9. The number of ether oxygens (including phenoxy) is 2. The van der Waals surface area contributed by atoms with Crippen molar-refractivity contribution >= 4 is 23.4 Å². The minimum absolute atomic E-state index is 0.0362. The molecule has 0 unspecified atom stereocenters. The first-order chi connectivity index (χ1) is 10.7. The van der Waals surface area contributed by atoms with Crippen LogP contribution >= 0.6 is 11.8 Å². The maximum absolute atomic E-state index is 11.9. The Morgan fingerprint density at radius 2 is 2.00 bits per heavy atom. The Hall–Kier alpha value is -2.34. The number of nitrogens with one attached hydrogen (secondary N) is 1. The van der Waals surface area contributed by atoms with Gasteiger partial charge in [-0.1, -0.05) is 18.2 Å². The number of benzene rings is 2. The normalized spacial score (nSPS) is 12.2. The SMILES string of the molecule is Nc1ccccc1SCC(=O)NCc1ccc2c(c1)OCO2. The van der Waals surface area contributed by atoms with Crippen LogP contribution in [0.2, 0.25) is 0 Å². The molecule has 2 aromatic carbocycles. The number of thioether (sulfide) groups is 1. The summed E-state index contributed by atoms with van der Waals surface area (Å²) >= 11 is 1.43. The number of nitrogens with two attached hydrogens (primary N) is 1. The van der Waals surface area contributed by atoms with E-state index in [2.05, 4.69) is 5.32 Å². The molecule has 0 radical (unpaired) electrons. The van der Waals surface area contributed by atoms with Gasteiger partial charge in [0.25, 0.3) is 0 Å². The molecule has 114 valence electrons. The first kappa shape index (κ1) is 14.6. The molecule has 0 spiro atoms. The third-order valence-electron chi connectivity index (χ3n) is 3.20. The van der Waals surface area contributed by atoms with Gasteiger partial charge in [0.15, 0.2) is 11.5 Å². The maximum Gasteiger partial charge on any atom is 0.231 e. The molecule has 0 aromatic heterocycles. The molecule has 1 aliphatic rings. The van der Waals surface area contributed by atoms with Gasteiger partial charge in [-0.25, -0.2) is 0 Å². The van der Waals surface area contributed by atoms with Crippen LogP contribution in [0.15, 0.2) is 47.4 Å². The van der Waals surface area contributed by atoms with E-state index in [9.17, 15) is 4.79 Å². The van der Waals surface area contributed by atoms with Crippen molar-refractivity contribution in [2.75, 3.05) is 18.3 Å². The number of rotatable bonds is 5. The molecule has 5 nitrogen and oxygen atoms in total. The number of amides is 1. The van der Waals surface area contributed by atoms with Crippen molar-refractivity contribution in [3.05, 3.63) is 48.0 Å². The monoisotopic (exact) mass is 316 g/mol. The van der Waals surface area contributed by atoms with E-state index in [0.717, 1.165) is 22.0 Å². The van der Waals surface area contributed by atoms with E-state index in [4.69, 9.17) is 15.2 Å². The van der Waals surface area contributed by atoms with Crippen molar-refractivity contribution in [3.8, 4) is 11.5 Å². The van der Waals surface area contributed by atoms with Crippen molar-refractivity contribution in [2.24, 2.45) is 0 Å². The second-order valence-electron chi connectivity index (χ2n) is 4.79. The van der Waals surface area contributed by atoms with Crippen LogP contribution in [0.25, 0.3) is 0 Å². The van der Waals surface area contributed by atoms with Gasteiger partial charge >= 0.3 is 0 Å². The zero-order chi connectivity index (χ0) is 15.4. The number of para-hydroxylation sites is 1. The summed E-state index contributed by atoms with van der Waals surface area (Å²) in [5.74, 6) is 1.76. The van der Waals surface area contributed by atoms with Gasteiger partial charge in [-0.3, -0.25) is 4.79 Å². The number of carbonyl (C=O) groups is 1. The van der Waals surface area contributed by atoms with E-state index in [0.29, 0.717) is 18.0 Å². The fourth-order valence-corrected chi connectivity index (χ4v) is 2.86. The molecule has 0 saturated heterocycles. The van der Waals surface area contributed by atoms with Crippen LogP contribution < -0.4 is 20.5 Å². The standard InChI is InChI=1S/C16H16N2O3S/c17-12-3-1-2-4-15(12)22-9-16(19)18-8-11-5-6-13-14(7-11)21-10-20-13/h1-7H,8-10,17H2,(H,18,19). The van der Waals surface area contributed by atoms with E-state index >= 15 is 0 Å². The van der Waals surface area contributed by atoms with Crippen LogP contribution in [0.1, 0.15) is 5.56 Å². The minimum atomic E-state index is -0.0362. The topological polar surface area (TPSA) is 73.6 Å². The predicted molar refractivity (Wildman–Crippen MR) is 86.0 cm³/mol. The van der Waals surface area contributed by atoms with Crippen molar-refractivity contribution in [2.45, 2.75) is 11.4 Å². The third-order valence-corrected chi connectivity index (χ3v) is 4.29. The lowest BCUT2D eigenvalue weighted by Gasteiger charge is -2.07. The molecule has 0 fully saturated rings. The average Bonchev–Trinajstić information content (AvgIpc) is 2.99. The highest BCUT2D eigenvalue weighted by Gasteiger charge is 2.13. The minimum Gasteiger partial charge on any atom is -0.454 e. The Morgan fingerprint density at radius 3 is 2.86 bits per heavy atom. The summed E-state index contributed by atoms with van der Waals surface area (Å²) in [6, 6.07) is 13.2. The van der Waals surface area contributed by atoms with Crippen molar-refractivity contribution in [3.63, 3.8) is 0 Å². The van der Waals surface area contributed by atoms with Gasteiger partial charge < -0.3 is 20.5 Å². The lowest BCUT2D eigenvalue weighted by Crippen LogP contribution is -2.24. The summed E-state index contributed by atoms with van der Waals surface area (Å²) in [6.07, 6.45) is 0. The van der Waals surface area contributed by atoms with Gasteiger partial charge in [-0.2, -0.15) is 0 Å². The van der Waals surface area contributed by atoms with Gasteiger partial charge in [-0.15, -0.1) is 11.8 Å². The molecule has 1 heterocycles. The fraction of sp³-hybridized carbons (Fsp3) is 0.188. The van der Waals surface area contributed by atoms with E-state index in [-0.39, 0.29) is 12.7 Å². The predicted octanol–water partition coefficient (Wildman–Crippen LogP) is 2.41. The van der Waals surface area contributed by atoms with Gasteiger partial charge in [0.1, 0.15) is 0 Å². The fourth-order valence-electron chi connectivity index (χ4n) is 2.06. The van der Waals surface area contributed by atoms with Gasteiger partial charge in [-0.05, 0) is 29.8 Å². The summed E-state index contributed by atoms with van der Waals surface area (Å²) in [5.41, 5.74) is 7.51. The Kier molecular flexibility index (Phi) is 4.39. The molecule has 0 bridgehead atoms. The smallest absolute Gasteiger partial charge is 0.231 e. The highest BCUT2D eigenvalue weighted by molar-refractivity contribution is 8.00. The molecule has 3 rings (SSSR count). The van der Waals surface area contributed by atoms with Crippen molar-refractivity contribution in [1.82, 2.24) is 5.32 Å². The highest BCUT2D eigenvalue weighted by Crippen LogP contribution is 2.32. The summed E-state index contributed by atoms with van der Waals surface area (Å²) in [7, 11) is 0. The molecule has 0 saturated carbocycles. The number of fused-ring (bicyclic) bond motifs is 1. The lowest BCUT2D eigenvalue weighted by molar-refractivity contribution is -0.118. The third kappa shape index (κ3) is 3.46. The summed E-state index contributed by atoms with van der Waals surface area (Å²) in [6.45, 7) is 0.709. The van der Waals surface area contributed by atoms with Crippen molar-refractivity contribution in [1.29, 1.82) is 0 Å². The molecular formula is C16H16N2O3S. The van der Waals surface area contributed by atoms with E-state index in [1.165, 1.54) is 11.8 Å². The maximum atomic E-state index is 11.9. The number of carbonyl (C=O) groups excluding carboxylic acids is 1. The first-order valence-electron chi connectivity index (χ1n) is 6.85. The van der Waals surface area contributed by atoms with Crippen LogP contribution in [0.3, 0.4) is 0 Å². The van der Waals surface area contributed by atoms with E-state index < -0.39 is 0 Å². The van der Waals surface area contributed by atoms with Crippen LogP contribution in [0.4, 0.5) is 5.69 Å². The molecule has 2 aromatic rings. The van der Waals surface area contributed by atoms with Gasteiger partial charge in [0.2, 0.25) is 12.7 Å². The largest absolute Gasteiger partial charge is 0.454 e. The Balaban J connectivity index is 1.49. The number of hydrogen-bond donors (Lipinski definition) is 2. The molecule has 0 atom stereocenters. The second-order valence-corrected chi connectivity index (χ2v) is 5.81. The summed E-state index contributed by atoms with van der Waals surface area (Å²) in [5, 5.41) is 2.88. The first-order valence-corrected chi connectivity index (χ1v) is 7.83. The summed E-state index contributed by atoms with van der Waals surface area (Å²) < 4.78 is 10.6. The van der Waals surface area contributed by atoms with Crippen LogP contribution in [0.5, 0.6) is 11.5 Å². The van der Waals surface area contributed by atoms with Crippen LogP contribution in [-0.4, -0.2) is 18.5 Å². The average molecular weight is 316 g/mol. The van der Waals surface area contributed by atoms with Crippen LogP contribution in [-0.2, 0) is 11.3 Å². The second kappa shape index (κ2) is 6.62. The van der Waals surface area contributed by atoms with Crippen molar-refractivity contribution < 1.29 is 14.3 Å². The molecular weight excluding hydrogens is 300 g/mol. The Labute approximate surface area is 132 Å². The van der Waals surface area contributed by atoms with Gasteiger partial charge in [0, 0.05) is 17.1 Å². The number of nitrogen functional groups attached to an aromatic ring is 1. The summed E-state index contributed by atoms with van der Waals surface area (Å²) in [4.78, 5) is 12.8. The molecule has 3 N–H and O–H groups in total. The highest BCUT2D eigenvalue weighted by atomic mass is 32.2. The van der Waals surface area contributed by atoms with Gasteiger partial charge in [0.05, 0.1) is 5.75 Å². The molecule has 1 amide bonds. The Bertz CT molecular complexity index is 691. The van der Waals surface area contributed by atoms with Crippen LogP contribution in [0, 0.1) is 0 Å². The number of anilines is 1. The molecule has 0 aliphatic carbocycles. The molecule has 1 aliphatic heterocycles. The molecule has 6 heteroatoms. The van der Waals surface area contributed by atoms with E-state index in [1.807, 2.05) is 42.5 Å². The molecule has 22 heavy (non-hydrogen) atoms. The Morgan fingerprint density at radius 1 is 1.18 bits per heavy atom. The van der Waals surface area contributed by atoms with E-state index in [1.54, 1.807) is 0 Å². The number of hydrogen-bond acceptors (Lipinski definition) is 5.